The third-order valence-corrected chi connectivity index (χ3v) is 5.16. The number of fused-ring (bicyclic) bond motifs is 1. The normalized spacial score (nSPS) is 15.8. The van der Waals surface area contributed by atoms with Crippen LogP contribution in [0.1, 0.15) is 25.1 Å². The van der Waals surface area contributed by atoms with Gasteiger partial charge in [0.1, 0.15) is 5.69 Å². The average Bonchev–Trinajstić information content (AvgIpc) is 2.95. The van der Waals surface area contributed by atoms with E-state index in [0.29, 0.717) is 0 Å². The molecule has 0 saturated heterocycles. The van der Waals surface area contributed by atoms with Gasteiger partial charge in [0.15, 0.2) is 0 Å². The van der Waals surface area contributed by atoms with Gasteiger partial charge in [-0.2, -0.15) is 5.10 Å². The molecule has 0 bridgehead atoms. The van der Waals surface area contributed by atoms with Crippen molar-refractivity contribution in [1.82, 2.24) is 20.1 Å². The fraction of sp³-hybridized carbons (Fsp3) is 0.300. The molecule has 0 fully saturated rings. The number of pyridine rings is 1. The Balaban J connectivity index is 1.94. The van der Waals surface area contributed by atoms with Crippen LogP contribution in [0.4, 0.5) is 0 Å². The highest BCUT2D eigenvalue weighted by Gasteiger charge is 2.30. The van der Waals surface area contributed by atoms with Gasteiger partial charge in [0.05, 0.1) is 12.2 Å². The third-order valence-electron chi connectivity index (χ3n) is 4.74. The molecular weight excluding hydrogens is 332 g/mol. The van der Waals surface area contributed by atoms with E-state index in [-0.39, 0.29) is 5.54 Å². The summed E-state index contributed by atoms with van der Waals surface area (Å²) in [4.78, 5) is 4.16. The van der Waals surface area contributed by atoms with E-state index >= 15 is 0 Å². The van der Waals surface area contributed by atoms with Crippen LogP contribution in [0.3, 0.4) is 0 Å². The molecular formula is C20H21ClN4. The molecule has 4 rings (SSSR count). The second kappa shape index (κ2) is 5.97. The number of benzene rings is 1. The molecule has 0 radical (unpaired) electrons. The summed E-state index contributed by atoms with van der Waals surface area (Å²) in [6.45, 7) is 8.07. The molecule has 0 spiro atoms. The number of aromatic nitrogens is 3. The minimum absolute atomic E-state index is 0.0295. The van der Waals surface area contributed by atoms with E-state index in [2.05, 4.69) is 34.9 Å². The number of halogens is 1. The van der Waals surface area contributed by atoms with Crippen molar-refractivity contribution in [1.29, 1.82) is 0 Å². The standard InChI is InChI=1S/C20H21ClN4/c1-13-10-15(4-5-16(13)21)19-18(14-6-8-22-9-7-14)17-11-23-20(2,3)12-25(17)24-19/h4-10,23H,11-12H2,1-3H3. The lowest BCUT2D eigenvalue weighted by Gasteiger charge is -2.32. The van der Waals surface area contributed by atoms with Crippen LogP contribution in [0.15, 0.2) is 42.7 Å². The zero-order chi connectivity index (χ0) is 17.6. The van der Waals surface area contributed by atoms with Crippen LogP contribution < -0.4 is 5.32 Å². The summed E-state index contributed by atoms with van der Waals surface area (Å²) in [6, 6.07) is 10.2. The van der Waals surface area contributed by atoms with Crippen LogP contribution >= 0.6 is 11.6 Å². The molecule has 0 aliphatic carbocycles. The Morgan fingerprint density at radius 2 is 1.88 bits per heavy atom. The van der Waals surface area contributed by atoms with Crippen molar-refractivity contribution in [3.63, 3.8) is 0 Å². The zero-order valence-corrected chi connectivity index (χ0v) is 15.4. The van der Waals surface area contributed by atoms with Gasteiger partial charge in [0.25, 0.3) is 0 Å². The predicted molar refractivity (Wildman–Crippen MR) is 102 cm³/mol. The molecule has 128 valence electrons. The highest BCUT2D eigenvalue weighted by molar-refractivity contribution is 6.31. The number of hydrogen-bond acceptors (Lipinski definition) is 3. The number of nitrogens with zero attached hydrogens (tertiary/aromatic N) is 3. The molecule has 1 aliphatic rings. The maximum absolute atomic E-state index is 6.22. The first-order valence-electron chi connectivity index (χ1n) is 8.46. The summed E-state index contributed by atoms with van der Waals surface area (Å²) in [7, 11) is 0. The van der Waals surface area contributed by atoms with Gasteiger partial charge in [0.2, 0.25) is 0 Å². The van der Waals surface area contributed by atoms with E-state index in [1.54, 1.807) is 0 Å². The molecule has 0 amide bonds. The first-order valence-corrected chi connectivity index (χ1v) is 8.84. The van der Waals surface area contributed by atoms with Crippen LogP contribution in [-0.2, 0) is 13.1 Å². The Morgan fingerprint density at radius 1 is 1.12 bits per heavy atom. The SMILES string of the molecule is Cc1cc(-c2nn3c(c2-c2ccncc2)CNC(C)(C)C3)ccc1Cl. The molecule has 1 aromatic carbocycles. The van der Waals surface area contributed by atoms with Gasteiger partial charge in [-0.3, -0.25) is 9.67 Å². The molecule has 2 aromatic heterocycles. The quantitative estimate of drug-likeness (QED) is 0.740. The molecule has 3 heterocycles. The summed E-state index contributed by atoms with van der Waals surface area (Å²) in [6.07, 6.45) is 3.66. The third kappa shape index (κ3) is 2.96. The van der Waals surface area contributed by atoms with Crippen LogP contribution in [0.5, 0.6) is 0 Å². The van der Waals surface area contributed by atoms with Gasteiger partial charge >= 0.3 is 0 Å². The highest BCUT2D eigenvalue weighted by Crippen LogP contribution is 2.37. The summed E-state index contributed by atoms with van der Waals surface area (Å²) in [5, 5.41) is 9.37. The predicted octanol–water partition coefficient (Wildman–Crippen LogP) is 4.46. The highest BCUT2D eigenvalue weighted by atomic mass is 35.5. The molecule has 0 saturated carbocycles. The van der Waals surface area contributed by atoms with E-state index in [1.165, 1.54) is 11.3 Å². The lowest BCUT2D eigenvalue weighted by Crippen LogP contribution is -2.47. The monoisotopic (exact) mass is 352 g/mol. The number of rotatable bonds is 2. The molecule has 5 heteroatoms. The Labute approximate surface area is 152 Å². The summed E-state index contributed by atoms with van der Waals surface area (Å²) in [5.41, 5.74) is 6.71. The fourth-order valence-corrected chi connectivity index (χ4v) is 3.49. The molecule has 1 N–H and O–H groups in total. The van der Waals surface area contributed by atoms with Crippen LogP contribution in [0, 0.1) is 6.92 Å². The first kappa shape index (κ1) is 16.3. The van der Waals surface area contributed by atoms with Gasteiger partial charge in [-0.25, -0.2) is 0 Å². The van der Waals surface area contributed by atoms with Crippen LogP contribution in [0.25, 0.3) is 22.4 Å². The Kier molecular flexibility index (Phi) is 3.89. The van der Waals surface area contributed by atoms with Crippen molar-refractivity contribution in [3.05, 3.63) is 59.0 Å². The maximum atomic E-state index is 6.22. The minimum atomic E-state index is 0.0295. The lowest BCUT2D eigenvalue weighted by molar-refractivity contribution is 0.278. The molecule has 3 aromatic rings. The minimum Gasteiger partial charge on any atom is -0.304 e. The van der Waals surface area contributed by atoms with Crippen molar-refractivity contribution >= 4 is 11.6 Å². The Morgan fingerprint density at radius 3 is 2.60 bits per heavy atom. The van der Waals surface area contributed by atoms with E-state index in [4.69, 9.17) is 16.7 Å². The van der Waals surface area contributed by atoms with Gasteiger partial charge < -0.3 is 5.32 Å². The Hall–Kier alpha value is -2.17. The molecule has 1 aliphatic heterocycles. The van der Waals surface area contributed by atoms with E-state index in [1.807, 2.05) is 43.6 Å². The number of nitrogens with one attached hydrogen (secondary N) is 1. The maximum Gasteiger partial charge on any atom is 0.100 e. The van der Waals surface area contributed by atoms with Crippen molar-refractivity contribution in [2.75, 3.05) is 0 Å². The second-order valence-electron chi connectivity index (χ2n) is 7.27. The first-order chi connectivity index (χ1) is 11.9. The molecule has 25 heavy (non-hydrogen) atoms. The van der Waals surface area contributed by atoms with Gasteiger partial charge in [-0.15, -0.1) is 0 Å². The summed E-state index contributed by atoms with van der Waals surface area (Å²) in [5.74, 6) is 0. The lowest BCUT2D eigenvalue weighted by atomic mass is 9.96. The average molecular weight is 353 g/mol. The number of aryl methyl sites for hydroxylation is 1. The smallest absolute Gasteiger partial charge is 0.100 e. The summed E-state index contributed by atoms with van der Waals surface area (Å²) >= 11 is 6.22. The number of hydrogen-bond donors (Lipinski definition) is 1. The van der Waals surface area contributed by atoms with Gasteiger partial charge in [-0.1, -0.05) is 17.7 Å². The topological polar surface area (TPSA) is 42.7 Å². The fourth-order valence-electron chi connectivity index (χ4n) is 3.38. The van der Waals surface area contributed by atoms with Gasteiger partial charge in [0, 0.05) is 40.6 Å². The largest absolute Gasteiger partial charge is 0.304 e. The summed E-state index contributed by atoms with van der Waals surface area (Å²) < 4.78 is 2.14. The van der Waals surface area contributed by atoms with E-state index in [0.717, 1.165) is 40.5 Å². The molecule has 0 atom stereocenters. The molecule has 4 nitrogen and oxygen atoms in total. The van der Waals surface area contributed by atoms with E-state index in [9.17, 15) is 0 Å². The molecule has 0 unspecified atom stereocenters. The van der Waals surface area contributed by atoms with Crippen molar-refractivity contribution in [2.24, 2.45) is 0 Å². The van der Waals surface area contributed by atoms with Gasteiger partial charge in [-0.05, 0) is 56.2 Å². The van der Waals surface area contributed by atoms with E-state index < -0.39 is 0 Å². The zero-order valence-electron chi connectivity index (χ0n) is 14.7. The van der Waals surface area contributed by atoms with Crippen molar-refractivity contribution < 1.29 is 0 Å². The van der Waals surface area contributed by atoms with Crippen molar-refractivity contribution in [2.45, 2.75) is 39.4 Å². The Bertz CT molecular complexity index is 928. The van der Waals surface area contributed by atoms with Crippen LogP contribution in [0.2, 0.25) is 5.02 Å². The van der Waals surface area contributed by atoms with Crippen LogP contribution in [-0.4, -0.2) is 20.3 Å². The van der Waals surface area contributed by atoms with Crippen molar-refractivity contribution in [3.8, 4) is 22.4 Å². The second-order valence-corrected chi connectivity index (χ2v) is 7.67.